The molecular formula is C24H32N4O6S. The summed E-state index contributed by atoms with van der Waals surface area (Å²) in [6, 6.07) is 11.5. The molecule has 0 spiro atoms. The van der Waals surface area contributed by atoms with E-state index in [4.69, 9.17) is 0 Å². The lowest BCUT2D eigenvalue weighted by Gasteiger charge is -2.33. The highest BCUT2D eigenvalue weighted by Gasteiger charge is 2.32. The van der Waals surface area contributed by atoms with Crippen molar-refractivity contribution < 1.29 is 22.9 Å². The molecule has 0 saturated heterocycles. The van der Waals surface area contributed by atoms with E-state index in [1.807, 2.05) is 52.0 Å². The van der Waals surface area contributed by atoms with E-state index in [0.717, 1.165) is 27.8 Å². The molecule has 1 N–H and O–H groups in total. The van der Waals surface area contributed by atoms with Gasteiger partial charge < -0.3 is 10.2 Å². The number of nitrogens with zero attached hydrogens (tertiary/aromatic N) is 3. The summed E-state index contributed by atoms with van der Waals surface area (Å²) in [6.07, 6.45) is 0.917. The van der Waals surface area contributed by atoms with Crippen LogP contribution in [0.1, 0.15) is 38.8 Å². The van der Waals surface area contributed by atoms with E-state index >= 15 is 0 Å². The Bertz CT molecular complexity index is 1210. The monoisotopic (exact) mass is 504 g/mol. The van der Waals surface area contributed by atoms with Crippen LogP contribution in [0.4, 0.5) is 11.4 Å². The smallest absolute Gasteiger partial charge is 0.271 e. The molecule has 11 heteroatoms. The summed E-state index contributed by atoms with van der Waals surface area (Å²) in [6.45, 7) is 8.37. The van der Waals surface area contributed by atoms with Gasteiger partial charge in [-0.15, -0.1) is 0 Å². The Morgan fingerprint density at radius 2 is 1.74 bits per heavy atom. The number of sulfonamides is 1. The Labute approximate surface area is 206 Å². The average molecular weight is 505 g/mol. The van der Waals surface area contributed by atoms with Gasteiger partial charge in [0.1, 0.15) is 12.6 Å². The van der Waals surface area contributed by atoms with E-state index in [1.165, 1.54) is 23.1 Å². The summed E-state index contributed by atoms with van der Waals surface area (Å²) in [7, 11) is -3.98. The molecule has 0 saturated carbocycles. The Morgan fingerprint density at radius 3 is 2.29 bits per heavy atom. The van der Waals surface area contributed by atoms with E-state index in [2.05, 4.69) is 5.32 Å². The van der Waals surface area contributed by atoms with Crippen LogP contribution in [0.25, 0.3) is 0 Å². The third kappa shape index (κ3) is 7.78. The molecule has 0 aliphatic carbocycles. The first kappa shape index (κ1) is 27.8. The number of hydrogen-bond donors (Lipinski definition) is 1. The second kappa shape index (κ2) is 10.9. The van der Waals surface area contributed by atoms with Crippen LogP contribution in [0, 0.1) is 17.0 Å². The predicted molar refractivity (Wildman–Crippen MR) is 134 cm³/mol. The number of benzene rings is 2. The maximum Gasteiger partial charge on any atom is 0.271 e. The number of anilines is 1. The summed E-state index contributed by atoms with van der Waals surface area (Å²) in [4.78, 5) is 38.3. The van der Waals surface area contributed by atoms with Crippen LogP contribution in [0.5, 0.6) is 0 Å². The fraction of sp³-hybridized carbons (Fsp3) is 0.417. The van der Waals surface area contributed by atoms with Crippen molar-refractivity contribution in [2.45, 2.75) is 52.7 Å². The topological polar surface area (TPSA) is 130 Å². The molecule has 190 valence electrons. The van der Waals surface area contributed by atoms with Gasteiger partial charge in [0.25, 0.3) is 5.69 Å². The Balaban J connectivity index is 2.46. The van der Waals surface area contributed by atoms with Crippen molar-refractivity contribution in [1.29, 1.82) is 0 Å². The minimum Gasteiger partial charge on any atom is -0.350 e. The summed E-state index contributed by atoms with van der Waals surface area (Å²) in [5.41, 5.74) is 0.852. The quantitative estimate of drug-likeness (QED) is 0.413. The lowest BCUT2D eigenvalue weighted by Crippen LogP contribution is -2.54. The summed E-state index contributed by atoms with van der Waals surface area (Å²) in [5, 5.41) is 14.0. The first-order chi connectivity index (χ1) is 16.1. The molecule has 1 atom stereocenters. The maximum absolute atomic E-state index is 13.5. The number of amides is 2. The maximum atomic E-state index is 13.5. The number of nitro groups is 1. The number of nitro benzene ring substituents is 1. The second-order valence-electron chi connectivity index (χ2n) is 9.41. The lowest BCUT2D eigenvalue weighted by atomic mass is 10.1. The SMILES string of the molecule is Cc1ccccc1CN(C(=O)CN(c1cccc([N+](=O)[O-])c1)S(C)(=O)=O)[C@@H](C)C(=O)NC(C)(C)C. The normalized spacial score (nSPS) is 12.5. The second-order valence-corrected chi connectivity index (χ2v) is 11.3. The zero-order valence-electron chi connectivity index (χ0n) is 20.8. The highest BCUT2D eigenvalue weighted by molar-refractivity contribution is 7.92. The number of aryl methyl sites for hydroxylation is 1. The van der Waals surface area contributed by atoms with Gasteiger partial charge in [-0.05, 0) is 51.8 Å². The summed E-state index contributed by atoms with van der Waals surface area (Å²) >= 11 is 0. The summed E-state index contributed by atoms with van der Waals surface area (Å²) in [5.74, 6) is -1.01. The van der Waals surface area contributed by atoms with Crippen LogP contribution >= 0.6 is 0 Å². The third-order valence-electron chi connectivity index (χ3n) is 5.28. The fourth-order valence-electron chi connectivity index (χ4n) is 3.40. The van der Waals surface area contributed by atoms with Crippen molar-refractivity contribution in [3.8, 4) is 0 Å². The van der Waals surface area contributed by atoms with E-state index in [9.17, 15) is 28.1 Å². The summed E-state index contributed by atoms with van der Waals surface area (Å²) < 4.78 is 26.0. The molecule has 0 aliphatic rings. The van der Waals surface area contributed by atoms with Gasteiger partial charge in [-0.3, -0.25) is 24.0 Å². The molecule has 0 aromatic heterocycles. The zero-order chi connectivity index (χ0) is 26.6. The number of hydrogen-bond acceptors (Lipinski definition) is 6. The number of carbonyl (C=O) groups excluding carboxylic acids is 2. The molecular weight excluding hydrogens is 472 g/mol. The molecule has 2 aromatic rings. The molecule has 0 heterocycles. The van der Waals surface area contributed by atoms with Crippen LogP contribution in [-0.4, -0.2) is 54.4 Å². The van der Waals surface area contributed by atoms with Gasteiger partial charge >= 0.3 is 0 Å². The van der Waals surface area contributed by atoms with Crippen LogP contribution in [-0.2, 0) is 26.2 Å². The molecule has 35 heavy (non-hydrogen) atoms. The van der Waals surface area contributed by atoms with Gasteiger partial charge in [0, 0.05) is 24.2 Å². The van der Waals surface area contributed by atoms with Crippen molar-refractivity contribution >= 4 is 33.2 Å². The number of nitrogens with one attached hydrogen (secondary N) is 1. The Morgan fingerprint density at radius 1 is 1.11 bits per heavy atom. The Kier molecular flexibility index (Phi) is 8.61. The Hall–Kier alpha value is -3.47. The first-order valence-electron chi connectivity index (χ1n) is 11.0. The zero-order valence-corrected chi connectivity index (χ0v) is 21.6. The molecule has 0 radical (unpaired) electrons. The van der Waals surface area contributed by atoms with Crippen LogP contribution in [0.3, 0.4) is 0 Å². The predicted octanol–water partition coefficient (Wildman–Crippen LogP) is 3.00. The molecule has 2 amide bonds. The highest BCUT2D eigenvalue weighted by atomic mass is 32.2. The number of carbonyl (C=O) groups is 2. The van der Waals surface area contributed by atoms with Gasteiger partial charge in [0.15, 0.2) is 0 Å². The fourth-order valence-corrected chi connectivity index (χ4v) is 4.24. The lowest BCUT2D eigenvalue weighted by molar-refractivity contribution is -0.384. The van der Waals surface area contributed by atoms with Crippen molar-refractivity contribution in [2.24, 2.45) is 0 Å². The molecule has 0 fully saturated rings. The molecule has 10 nitrogen and oxygen atoms in total. The molecule has 0 aliphatic heterocycles. The minimum atomic E-state index is -3.98. The van der Waals surface area contributed by atoms with Crippen LogP contribution < -0.4 is 9.62 Å². The van der Waals surface area contributed by atoms with Crippen molar-refractivity contribution in [1.82, 2.24) is 10.2 Å². The van der Waals surface area contributed by atoms with Crippen molar-refractivity contribution in [2.75, 3.05) is 17.1 Å². The van der Waals surface area contributed by atoms with E-state index in [1.54, 1.807) is 6.92 Å². The van der Waals surface area contributed by atoms with Crippen LogP contribution in [0.15, 0.2) is 48.5 Å². The largest absolute Gasteiger partial charge is 0.350 e. The van der Waals surface area contributed by atoms with E-state index in [-0.39, 0.29) is 23.8 Å². The van der Waals surface area contributed by atoms with Gasteiger partial charge in [0.05, 0.1) is 16.9 Å². The number of non-ortho nitro benzene ring substituents is 1. The van der Waals surface area contributed by atoms with Crippen LogP contribution in [0.2, 0.25) is 0 Å². The first-order valence-corrected chi connectivity index (χ1v) is 12.8. The van der Waals surface area contributed by atoms with Crippen molar-refractivity contribution in [3.63, 3.8) is 0 Å². The van der Waals surface area contributed by atoms with E-state index in [0.29, 0.717) is 0 Å². The van der Waals surface area contributed by atoms with Gasteiger partial charge in [-0.2, -0.15) is 0 Å². The van der Waals surface area contributed by atoms with E-state index < -0.39 is 39.0 Å². The van der Waals surface area contributed by atoms with Gasteiger partial charge in [0.2, 0.25) is 21.8 Å². The molecule has 2 rings (SSSR count). The van der Waals surface area contributed by atoms with Gasteiger partial charge in [-0.1, -0.05) is 30.3 Å². The van der Waals surface area contributed by atoms with Gasteiger partial charge in [-0.25, -0.2) is 8.42 Å². The average Bonchev–Trinajstić information content (AvgIpc) is 2.74. The molecule has 0 unspecified atom stereocenters. The third-order valence-corrected chi connectivity index (χ3v) is 6.42. The van der Waals surface area contributed by atoms with Crippen molar-refractivity contribution in [3.05, 3.63) is 69.8 Å². The minimum absolute atomic E-state index is 0.0160. The number of rotatable bonds is 9. The molecule has 0 bridgehead atoms. The highest BCUT2D eigenvalue weighted by Crippen LogP contribution is 2.24. The standard InChI is InChI=1S/C24H32N4O6S/c1-17-10-7-8-11-19(17)15-26(18(2)23(30)25-24(3,4)5)22(29)16-27(35(6,33)34)20-12-9-13-21(14-20)28(31)32/h7-14,18H,15-16H2,1-6H3,(H,25,30)/t18-/m0/s1. The molecule has 2 aromatic carbocycles.